The molecule has 0 bridgehead atoms. The molecule has 0 N–H and O–H groups in total. The molecule has 0 saturated heterocycles. The van der Waals surface area contributed by atoms with E-state index < -0.39 is 0 Å². The highest BCUT2D eigenvalue weighted by molar-refractivity contribution is 5.95. The standard InChI is InChI=1S/C17H31NO3/c1-13(2)18-14(3)12-15(8-6-10-20-4)16(17(18)19)9-7-11-21-5/h13-14H,6-12H2,1-5H3/t14-/m1/s1. The molecule has 0 fully saturated rings. The van der Waals surface area contributed by atoms with Crippen LogP contribution in [0, 0.1) is 0 Å². The average Bonchev–Trinajstić information content (AvgIpc) is 2.41. The Morgan fingerprint density at radius 3 is 2.24 bits per heavy atom. The van der Waals surface area contributed by atoms with E-state index >= 15 is 0 Å². The lowest BCUT2D eigenvalue weighted by atomic mass is 9.88. The van der Waals surface area contributed by atoms with Crippen molar-refractivity contribution < 1.29 is 14.3 Å². The van der Waals surface area contributed by atoms with Crippen LogP contribution in [0.5, 0.6) is 0 Å². The summed E-state index contributed by atoms with van der Waals surface area (Å²) in [7, 11) is 3.43. The molecule has 0 saturated carbocycles. The lowest BCUT2D eigenvalue weighted by Crippen LogP contribution is -2.47. The fraction of sp³-hybridized carbons (Fsp3) is 0.824. The predicted molar refractivity (Wildman–Crippen MR) is 85.3 cm³/mol. The Morgan fingerprint density at radius 1 is 1.14 bits per heavy atom. The van der Waals surface area contributed by atoms with E-state index in [2.05, 4.69) is 20.8 Å². The molecule has 0 spiro atoms. The molecule has 0 aliphatic carbocycles. The Morgan fingerprint density at radius 2 is 1.71 bits per heavy atom. The van der Waals surface area contributed by atoms with E-state index in [1.807, 2.05) is 4.90 Å². The molecule has 21 heavy (non-hydrogen) atoms. The molecule has 1 aliphatic heterocycles. The number of rotatable bonds is 9. The van der Waals surface area contributed by atoms with Crippen LogP contribution < -0.4 is 0 Å². The zero-order valence-corrected chi connectivity index (χ0v) is 14.3. The molecule has 0 unspecified atom stereocenters. The zero-order chi connectivity index (χ0) is 15.8. The summed E-state index contributed by atoms with van der Waals surface area (Å²) in [5.74, 6) is 0.229. The lowest BCUT2D eigenvalue weighted by molar-refractivity contribution is -0.132. The van der Waals surface area contributed by atoms with Gasteiger partial charge in [-0.1, -0.05) is 5.57 Å². The number of carbonyl (C=O) groups excluding carboxylic acids is 1. The Labute approximate surface area is 129 Å². The van der Waals surface area contributed by atoms with Crippen LogP contribution in [0.4, 0.5) is 0 Å². The number of hydrogen-bond donors (Lipinski definition) is 0. The number of hydrogen-bond acceptors (Lipinski definition) is 3. The second kappa shape index (κ2) is 9.21. The molecule has 4 heteroatoms. The van der Waals surface area contributed by atoms with Crippen molar-refractivity contribution in [3.05, 3.63) is 11.1 Å². The normalized spacial score (nSPS) is 19.8. The highest BCUT2D eigenvalue weighted by Crippen LogP contribution is 2.31. The minimum atomic E-state index is 0.229. The SMILES string of the molecule is COCCCC1=C(CCCOC)C(=O)N(C(C)C)[C@H](C)C1. The van der Waals surface area contributed by atoms with Crippen molar-refractivity contribution in [3.63, 3.8) is 0 Å². The fourth-order valence-electron chi connectivity index (χ4n) is 3.19. The molecule has 1 heterocycles. The Hall–Kier alpha value is -0.870. The van der Waals surface area contributed by atoms with Gasteiger partial charge in [-0.05, 0) is 52.9 Å². The van der Waals surface area contributed by atoms with Gasteiger partial charge >= 0.3 is 0 Å². The summed E-state index contributed by atoms with van der Waals surface area (Å²) in [5, 5.41) is 0. The zero-order valence-electron chi connectivity index (χ0n) is 14.3. The fourth-order valence-corrected chi connectivity index (χ4v) is 3.19. The van der Waals surface area contributed by atoms with Crippen molar-refractivity contribution in [1.29, 1.82) is 0 Å². The number of nitrogens with zero attached hydrogens (tertiary/aromatic N) is 1. The highest BCUT2D eigenvalue weighted by Gasteiger charge is 2.32. The number of methoxy groups -OCH3 is 2. The van der Waals surface area contributed by atoms with Crippen LogP contribution in [-0.4, -0.2) is 50.3 Å². The molecule has 0 aromatic rings. The summed E-state index contributed by atoms with van der Waals surface area (Å²) >= 11 is 0. The summed E-state index contributed by atoms with van der Waals surface area (Å²) in [6.07, 6.45) is 4.69. The minimum absolute atomic E-state index is 0.229. The van der Waals surface area contributed by atoms with Crippen LogP contribution in [0.3, 0.4) is 0 Å². The molecule has 122 valence electrons. The van der Waals surface area contributed by atoms with E-state index in [0.717, 1.165) is 44.3 Å². The summed E-state index contributed by atoms with van der Waals surface area (Å²) in [4.78, 5) is 14.8. The Balaban J connectivity index is 2.88. The van der Waals surface area contributed by atoms with Gasteiger partial charge in [0.1, 0.15) is 0 Å². The van der Waals surface area contributed by atoms with Gasteiger partial charge in [-0.2, -0.15) is 0 Å². The van der Waals surface area contributed by atoms with Crippen LogP contribution in [0.15, 0.2) is 11.1 Å². The van der Waals surface area contributed by atoms with Crippen LogP contribution >= 0.6 is 0 Å². The molecule has 1 rings (SSSR count). The summed E-state index contributed by atoms with van der Waals surface area (Å²) in [6, 6.07) is 0.548. The topological polar surface area (TPSA) is 38.8 Å². The first kappa shape index (κ1) is 18.2. The van der Waals surface area contributed by atoms with E-state index in [1.54, 1.807) is 14.2 Å². The maximum absolute atomic E-state index is 12.8. The quantitative estimate of drug-likeness (QED) is 0.614. The third kappa shape index (κ3) is 5.11. The van der Waals surface area contributed by atoms with E-state index in [4.69, 9.17) is 9.47 Å². The molecule has 0 aromatic carbocycles. The third-order valence-corrected chi connectivity index (χ3v) is 4.09. The molecular weight excluding hydrogens is 266 g/mol. The van der Waals surface area contributed by atoms with Gasteiger partial charge in [0, 0.05) is 45.1 Å². The monoisotopic (exact) mass is 297 g/mol. The molecule has 0 radical (unpaired) electrons. The van der Waals surface area contributed by atoms with Crippen molar-refractivity contribution in [2.75, 3.05) is 27.4 Å². The number of carbonyl (C=O) groups is 1. The van der Waals surface area contributed by atoms with Gasteiger partial charge in [-0.3, -0.25) is 4.79 Å². The van der Waals surface area contributed by atoms with Gasteiger partial charge in [-0.15, -0.1) is 0 Å². The summed E-state index contributed by atoms with van der Waals surface area (Å²) in [5.41, 5.74) is 2.35. The summed E-state index contributed by atoms with van der Waals surface area (Å²) in [6.45, 7) is 7.80. The van der Waals surface area contributed by atoms with Crippen molar-refractivity contribution in [1.82, 2.24) is 4.90 Å². The van der Waals surface area contributed by atoms with Gasteiger partial charge in [-0.25, -0.2) is 0 Å². The maximum atomic E-state index is 12.8. The van der Waals surface area contributed by atoms with Crippen molar-refractivity contribution in [2.45, 2.75) is 65.0 Å². The first-order chi connectivity index (χ1) is 10.0. The molecule has 1 atom stereocenters. The largest absolute Gasteiger partial charge is 0.385 e. The minimum Gasteiger partial charge on any atom is -0.385 e. The first-order valence-electron chi connectivity index (χ1n) is 8.04. The smallest absolute Gasteiger partial charge is 0.250 e. The van der Waals surface area contributed by atoms with Crippen LogP contribution in [-0.2, 0) is 14.3 Å². The van der Waals surface area contributed by atoms with Gasteiger partial charge in [0.05, 0.1) is 0 Å². The van der Waals surface area contributed by atoms with Crippen molar-refractivity contribution >= 4 is 5.91 Å². The average molecular weight is 297 g/mol. The van der Waals surface area contributed by atoms with Crippen molar-refractivity contribution in [2.24, 2.45) is 0 Å². The van der Waals surface area contributed by atoms with Gasteiger partial charge < -0.3 is 14.4 Å². The molecule has 1 amide bonds. The van der Waals surface area contributed by atoms with E-state index in [9.17, 15) is 4.79 Å². The highest BCUT2D eigenvalue weighted by atomic mass is 16.5. The van der Waals surface area contributed by atoms with Crippen LogP contribution in [0.2, 0.25) is 0 Å². The molecule has 0 aromatic heterocycles. The van der Waals surface area contributed by atoms with E-state index in [-0.39, 0.29) is 11.9 Å². The maximum Gasteiger partial charge on any atom is 0.250 e. The molecule has 4 nitrogen and oxygen atoms in total. The van der Waals surface area contributed by atoms with Gasteiger partial charge in [0.15, 0.2) is 0 Å². The van der Waals surface area contributed by atoms with E-state index in [0.29, 0.717) is 12.6 Å². The second-order valence-corrected chi connectivity index (χ2v) is 6.13. The third-order valence-electron chi connectivity index (χ3n) is 4.09. The Bertz CT molecular complexity index is 363. The predicted octanol–water partition coefficient (Wildman–Crippen LogP) is 3.17. The van der Waals surface area contributed by atoms with Crippen molar-refractivity contribution in [3.8, 4) is 0 Å². The summed E-state index contributed by atoms with van der Waals surface area (Å²) < 4.78 is 10.3. The van der Waals surface area contributed by atoms with Gasteiger partial charge in [0.25, 0.3) is 0 Å². The first-order valence-corrected chi connectivity index (χ1v) is 8.04. The van der Waals surface area contributed by atoms with E-state index in [1.165, 1.54) is 5.57 Å². The second-order valence-electron chi connectivity index (χ2n) is 6.13. The molecule has 1 aliphatic rings. The van der Waals surface area contributed by atoms with Crippen LogP contribution in [0.1, 0.15) is 52.9 Å². The van der Waals surface area contributed by atoms with Crippen LogP contribution in [0.25, 0.3) is 0 Å². The Kier molecular flexibility index (Phi) is 7.97. The van der Waals surface area contributed by atoms with Gasteiger partial charge in [0.2, 0.25) is 5.91 Å². The number of amides is 1. The number of ether oxygens (including phenoxy) is 2. The lowest BCUT2D eigenvalue weighted by Gasteiger charge is -2.39. The molecular formula is C17H31NO3.